The van der Waals surface area contributed by atoms with Crippen molar-refractivity contribution in [2.24, 2.45) is 5.92 Å². The lowest BCUT2D eigenvalue weighted by molar-refractivity contribution is 0.139. The molecule has 1 amide bonds. The SMILES string of the molecule is O=C(NCCCC1CCCNCC1)OCc1ccccc1. The first-order valence-corrected chi connectivity index (χ1v) is 8.00. The molecule has 2 N–H and O–H groups in total. The van der Waals surface area contributed by atoms with Crippen LogP contribution in [0.4, 0.5) is 4.79 Å². The first-order valence-electron chi connectivity index (χ1n) is 8.00. The Morgan fingerprint density at radius 3 is 2.95 bits per heavy atom. The van der Waals surface area contributed by atoms with Crippen molar-refractivity contribution in [1.29, 1.82) is 0 Å². The quantitative estimate of drug-likeness (QED) is 0.792. The molecule has 116 valence electrons. The second-order valence-electron chi connectivity index (χ2n) is 5.68. The Morgan fingerprint density at radius 2 is 2.10 bits per heavy atom. The summed E-state index contributed by atoms with van der Waals surface area (Å²) in [6.45, 7) is 3.33. The van der Waals surface area contributed by atoms with Gasteiger partial charge in [-0.1, -0.05) is 30.3 Å². The van der Waals surface area contributed by atoms with Crippen LogP contribution in [0.5, 0.6) is 0 Å². The van der Waals surface area contributed by atoms with Gasteiger partial charge in [-0.3, -0.25) is 0 Å². The highest BCUT2D eigenvalue weighted by Crippen LogP contribution is 2.18. The van der Waals surface area contributed by atoms with E-state index in [0.717, 1.165) is 31.0 Å². The molecular weight excluding hydrogens is 264 g/mol. The molecule has 1 fully saturated rings. The fourth-order valence-corrected chi connectivity index (χ4v) is 2.74. The van der Waals surface area contributed by atoms with E-state index in [0.29, 0.717) is 13.2 Å². The summed E-state index contributed by atoms with van der Waals surface area (Å²) in [5.74, 6) is 0.808. The van der Waals surface area contributed by atoms with Gasteiger partial charge in [-0.05, 0) is 56.7 Å². The Hall–Kier alpha value is -1.55. The lowest BCUT2D eigenvalue weighted by Crippen LogP contribution is -2.25. The van der Waals surface area contributed by atoms with Gasteiger partial charge in [0, 0.05) is 6.54 Å². The monoisotopic (exact) mass is 290 g/mol. The van der Waals surface area contributed by atoms with Crippen LogP contribution in [0.2, 0.25) is 0 Å². The second-order valence-corrected chi connectivity index (χ2v) is 5.68. The van der Waals surface area contributed by atoms with Crippen LogP contribution in [0.15, 0.2) is 30.3 Å². The van der Waals surface area contributed by atoms with E-state index in [1.165, 1.54) is 25.7 Å². The van der Waals surface area contributed by atoms with Crippen LogP contribution in [0, 0.1) is 5.92 Å². The predicted octanol–water partition coefficient (Wildman–Crippen LogP) is 3.08. The average Bonchev–Trinajstić information content (AvgIpc) is 2.79. The van der Waals surface area contributed by atoms with Crippen LogP contribution >= 0.6 is 0 Å². The highest BCUT2D eigenvalue weighted by Gasteiger charge is 2.11. The summed E-state index contributed by atoms with van der Waals surface area (Å²) < 4.78 is 5.18. The third-order valence-electron chi connectivity index (χ3n) is 3.97. The third kappa shape index (κ3) is 6.63. The van der Waals surface area contributed by atoms with Gasteiger partial charge >= 0.3 is 6.09 Å². The van der Waals surface area contributed by atoms with Gasteiger partial charge in [0.15, 0.2) is 0 Å². The van der Waals surface area contributed by atoms with Crippen LogP contribution < -0.4 is 10.6 Å². The van der Waals surface area contributed by atoms with Gasteiger partial charge in [-0.15, -0.1) is 0 Å². The molecule has 0 aromatic heterocycles. The number of carbonyl (C=O) groups excluding carboxylic acids is 1. The number of amides is 1. The van der Waals surface area contributed by atoms with Crippen molar-refractivity contribution in [2.45, 2.75) is 38.7 Å². The van der Waals surface area contributed by atoms with E-state index in [4.69, 9.17) is 4.74 Å². The van der Waals surface area contributed by atoms with E-state index in [1.54, 1.807) is 0 Å². The van der Waals surface area contributed by atoms with Crippen LogP contribution in [0.25, 0.3) is 0 Å². The van der Waals surface area contributed by atoms with Crippen molar-refractivity contribution < 1.29 is 9.53 Å². The molecule has 1 heterocycles. The Labute approximate surface area is 127 Å². The van der Waals surface area contributed by atoms with Gasteiger partial charge in [0.2, 0.25) is 0 Å². The van der Waals surface area contributed by atoms with Crippen molar-refractivity contribution in [1.82, 2.24) is 10.6 Å². The van der Waals surface area contributed by atoms with Crippen molar-refractivity contribution in [2.75, 3.05) is 19.6 Å². The number of hydrogen-bond acceptors (Lipinski definition) is 3. The summed E-state index contributed by atoms with van der Waals surface area (Å²) in [7, 11) is 0. The van der Waals surface area contributed by atoms with Gasteiger partial charge in [0.1, 0.15) is 6.61 Å². The number of nitrogens with one attached hydrogen (secondary N) is 2. The molecule has 4 heteroatoms. The van der Waals surface area contributed by atoms with E-state index in [2.05, 4.69) is 10.6 Å². The molecule has 0 radical (unpaired) electrons. The third-order valence-corrected chi connectivity index (χ3v) is 3.97. The Kier molecular flexibility index (Phi) is 7.08. The van der Waals surface area contributed by atoms with Crippen molar-refractivity contribution in [3.63, 3.8) is 0 Å². The van der Waals surface area contributed by atoms with Crippen molar-refractivity contribution >= 4 is 6.09 Å². The van der Waals surface area contributed by atoms with Crippen LogP contribution in [-0.2, 0) is 11.3 Å². The molecule has 4 nitrogen and oxygen atoms in total. The minimum Gasteiger partial charge on any atom is -0.445 e. The zero-order valence-electron chi connectivity index (χ0n) is 12.6. The molecule has 0 saturated carbocycles. The highest BCUT2D eigenvalue weighted by molar-refractivity contribution is 5.67. The number of carbonyl (C=O) groups is 1. The summed E-state index contributed by atoms with van der Waals surface area (Å²) in [4.78, 5) is 11.6. The lowest BCUT2D eigenvalue weighted by Gasteiger charge is -2.13. The van der Waals surface area contributed by atoms with Crippen LogP contribution in [0.1, 0.15) is 37.7 Å². The number of alkyl carbamates (subject to hydrolysis) is 1. The van der Waals surface area contributed by atoms with Crippen LogP contribution in [-0.4, -0.2) is 25.7 Å². The molecule has 1 aliphatic rings. The van der Waals surface area contributed by atoms with E-state index < -0.39 is 0 Å². The molecule has 21 heavy (non-hydrogen) atoms. The summed E-state index contributed by atoms with van der Waals surface area (Å²) in [6, 6.07) is 9.74. The molecular formula is C17H26N2O2. The Bertz CT molecular complexity index is 401. The maximum atomic E-state index is 11.6. The maximum absolute atomic E-state index is 11.6. The summed E-state index contributed by atoms with van der Waals surface area (Å²) in [6.07, 6.45) is 5.76. The lowest BCUT2D eigenvalue weighted by atomic mass is 9.95. The Balaban J connectivity index is 1.52. The van der Waals surface area contributed by atoms with Gasteiger partial charge in [0.25, 0.3) is 0 Å². The van der Waals surface area contributed by atoms with E-state index in [-0.39, 0.29) is 6.09 Å². The van der Waals surface area contributed by atoms with Crippen LogP contribution in [0.3, 0.4) is 0 Å². The van der Waals surface area contributed by atoms with E-state index in [9.17, 15) is 4.79 Å². The van der Waals surface area contributed by atoms with E-state index >= 15 is 0 Å². The molecule has 0 aliphatic carbocycles. The molecule has 2 rings (SSSR count). The molecule has 1 atom stereocenters. The minimum absolute atomic E-state index is 0.318. The first-order chi connectivity index (χ1) is 10.3. The predicted molar refractivity (Wildman–Crippen MR) is 84.1 cm³/mol. The standard InChI is InChI=1S/C17H26N2O2/c20-17(21-14-16-6-2-1-3-7-16)19-12-5-9-15-8-4-11-18-13-10-15/h1-3,6-7,15,18H,4-5,8-14H2,(H,19,20). The summed E-state index contributed by atoms with van der Waals surface area (Å²) in [5, 5.41) is 6.26. The zero-order valence-corrected chi connectivity index (χ0v) is 12.6. The number of ether oxygens (including phenoxy) is 1. The van der Waals surface area contributed by atoms with Crippen molar-refractivity contribution in [3.05, 3.63) is 35.9 Å². The van der Waals surface area contributed by atoms with Gasteiger partial charge in [-0.25, -0.2) is 4.79 Å². The number of hydrogen-bond donors (Lipinski definition) is 2. The topological polar surface area (TPSA) is 50.4 Å². The molecule has 0 spiro atoms. The van der Waals surface area contributed by atoms with Gasteiger partial charge in [0.05, 0.1) is 0 Å². The maximum Gasteiger partial charge on any atom is 0.407 e. The summed E-state index contributed by atoms with van der Waals surface area (Å²) >= 11 is 0. The first kappa shape index (κ1) is 15.8. The largest absolute Gasteiger partial charge is 0.445 e. The highest BCUT2D eigenvalue weighted by atomic mass is 16.5. The molecule has 1 aliphatic heterocycles. The molecule has 1 aromatic rings. The zero-order chi connectivity index (χ0) is 14.8. The fraction of sp³-hybridized carbons (Fsp3) is 0.588. The van der Waals surface area contributed by atoms with E-state index in [1.807, 2.05) is 30.3 Å². The molecule has 1 unspecified atom stereocenters. The van der Waals surface area contributed by atoms with Gasteiger partial charge < -0.3 is 15.4 Å². The number of rotatable bonds is 6. The Morgan fingerprint density at radius 1 is 1.24 bits per heavy atom. The second kappa shape index (κ2) is 9.40. The molecule has 1 saturated heterocycles. The summed E-state index contributed by atoms with van der Waals surface area (Å²) in [5.41, 5.74) is 1.01. The minimum atomic E-state index is -0.318. The van der Waals surface area contributed by atoms with Gasteiger partial charge in [-0.2, -0.15) is 0 Å². The smallest absolute Gasteiger partial charge is 0.407 e. The molecule has 1 aromatic carbocycles. The normalized spacial score (nSPS) is 18.8. The van der Waals surface area contributed by atoms with Crippen molar-refractivity contribution in [3.8, 4) is 0 Å². The fourth-order valence-electron chi connectivity index (χ4n) is 2.74. The number of benzene rings is 1. The molecule has 0 bridgehead atoms. The average molecular weight is 290 g/mol.